The number of hydrogen-bond donors (Lipinski definition) is 1. The number of primary amides is 1. The van der Waals surface area contributed by atoms with Crippen LogP contribution < -0.4 is 5.73 Å². The predicted molar refractivity (Wildman–Crippen MR) is 143 cm³/mol. The number of fused-ring (bicyclic) bond motifs is 1. The Labute approximate surface area is 218 Å². The van der Waals surface area contributed by atoms with Crippen LogP contribution in [0.2, 0.25) is 0 Å². The fourth-order valence-corrected chi connectivity index (χ4v) is 4.92. The molecule has 0 bridgehead atoms. The van der Waals surface area contributed by atoms with E-state index >= 15 is 0 Å². The summed E-state index contributed by atoms with van der Waals surface area (Å²) in [5, 5.41) is 5.45. The summed E-state index contributed by atoms with van der Waals surface area (Å²) in [6, 6.07) is 13.1. The zero-order chi connectivity index (χ0) is 26.2. The van der Waals surface area contributed by atoms with Crippen LogP contribution >= 0.6 is 15.9 Å². The highest BCUT2D eigenvalue weighted by Gasteiger charge is 2.25. The number of furan rings is 1. The van der Waals surface area contributed by atoms with Crippen LogP contribution in [0.5, 0.6) is 0 Å². The standard InChI is InChI=1S/C28H30BrN3O4/c1-6-21-19(24(26(30)33)32(7-2)31-21)14-16-12-13-22-20(15-16)23(29)25(35-22)17-10-8-9-11-18(17)27(34)36-28(3,4)5/h8-13,15H,6-7,14H2,1-5H3,(H2,30,33). The van der Waals surface area contributed by atoms with Crippen LogP contribution in [-0.4, -0.2) is 27.3 Å². The van der Waals surface area contributed by atoms with Crippen molar-refractivity contribution in [1.29, 1.82) is 0 Å². The number of aryl methyl sites for hydroxylation is 2. The number of nitrogens with two attached hydrogens (primary N) is 1. The van der Waals surface area contributed by atoms with Gasteiger partial charge in [-0.2, -0.15) is 5.10 Å². The minimum absolute atomic E-state index is 0.412. The Morgan fingerprint density at radius 3 is 2.50 bits per heavy atom. The van der Waals surface area contributed by atoms with Gasteiger partial charge in [-0.15, -0.1) is 0 Å². The van der Waals surface area contributed by atoms with Gasteiger partial charge < -0.3 is 14.9 Å². The summed E-state index contributed by atoms with van der Waals surface area (Å²) in [7, 11) is 0. The van der Waals surface area contributed by atoms with Gasteiger partial charge in [-0.1, -0.05) is 31.2 Å². The Kier molecular flexibility index (Phi) is 7.09. The molecule has 36 heavy (non-hydrogen) atoms. The van der Waals surface area contributed by atoms with Crippen LogP contribution in [0.25, 0.3) is 22.3 Å². The van der Waals surface area contributed by atoms with Gasteiger partial charge >= 0.3 is 5.97 Å². The van der Waals surface area contributed by atoms with E-state index in [4.69, 9.17) is 14.9 Å². The van der Waals surface area contributed by atoms with Crippen molar-refractivity contribution in [3.8, 4) is 11.3 Å². The lowest BCUT2D eigenvalue weighted by atomic mass is 10.00. The number of hydrogen-bond acceptors (Lipinski definition) is 5. The molecule has 0 aliphatic rings. The van der Waals surface area contributed by atoms with E-state index < -0.39 is 17.5 Å². The molecule has 0 aliphatic carbocycles. The van der Waals surface area contributed by atoms with Crippen LogP contribution in [0.1, 0.15) is 72.3 Å². The third-order valence-electron chi connectivity index (χ3n) is 5.86. The lowest BCUT2D eigenvalue weighted by Crippen LogP contribution is -2.24. The zero-order valence-electron chi connectivity index (χ0n) is 21.1. The molecule has 0 fully saturated rings. The van der Waals surface area contributed by atoms with Gasteiger partial charge in [-0.05, 0) is 73.8 Å². The number of carbonyl (C=O) groups excluding carboxylic acids is 2. The third kappa shape index (κ3) is 4.95. The number of carbonyl (C=O) groups is 2. The lowest BCUT2D eigenvalue weighted by Gasteiger charge is -2.20. The Balaban J connectivity index is 1.77. The smallest absolute Gasteiger partial charge is 0.339 e. The van der Waals surface area contributed by atoms with Crippen LogP contribution in [0.15, 0.2) is 51.4 Å². The van der Waals surface area contributed by atoms with Crippen molar-refractivity contribution in [2.24, 2.45) is 5.73 Å². The first-order valence-electron chi connectivity index (χ1n) is 12.0. The number of esters is 1. The second-order valence-corrected chi connectivity index (χ2v) is 10.4. The molecule has 2 aromatic carbocycles. The zero-order valence-corrected chi connectivity index (χ0v) is 22.7. The van der Waals surface area contributed by atoms with Gasteiger partial charge in [0.25, 0.3) is 5.91 Å². The molecule has 0 radical (unpaired) electrons. The number of aromatic nitrogens is 2. The monoisotopic (exact) mass is 551 g/mol. The largest absolute Gasteiger partial charge is 0.456 e. The maximum absolute atomic E-state index is 12.9. The van der Waals surface area contributed by atoms with Crippen LogP contribution in [-0.2, 0) is 24.1 Å². The maximum atomic E-state index is 12.9. The average Bonchev–Trinajstić information content (AvgIpc) is 3.35. The van der Waals surface area contributed by atoms with Crippen LogP contribution in [0.3, 0.4) is 0 Å². The summed E-state index contributed by atoms with van der Waals surface area (Å²) in [5.74, 6) is -0.342. The van der Waals surface area contributed by atoms with E-state index in [0.29, 0.717) is 47.6 Å². The van der Waals surface area contributed by atoms with Crippen LogP contribution in [0.4, 0.5) is 0 Å². The number of benzene rings is 2. The molecule has 2 N–H and O–H groups in total. The first-order valence-corrected chi connectivity index (χ1v) is 12.7. The van der Waals surface area contributed by atoms with E-state index in [-0.39, 0.29) is 0 Å². The molecule has 188 valence electrons. The topological polar surface area (TPSA) is 100 Å². The molecule has 8 heteroatoms. The molecule has 1 amide bonds. The quantitative estimate of drug-likeness (QED) is 0.272. The second-order valence-electron chi connectivity index (χ2n) is 9.61. The van der Waals surface area contributed by atoms with Gasteiger partial charge in [0.2, 0.25) is 0 Å². The first kappa shape index (κ1) is 25.7. The van der Waals surface area contributed by atoms with Crippen molar-refractivity contribution >= 4 is 38.8 Å². The van der Waals surface area contributed by atoms with Crippen molar-refractivity contribution in [2.75, 3.05) is 0 Å². The molecular weight excluding hydrogens is 522 g/mol. The molecule has 2 heterocycles. The summed E-state index contributed by atoms with van der Waals surface area (Å²) in [5.41, 5.74) is 10.00. The van der Waals surface area contributed by atoms with Gasteiger partial charge in [-0.3, -0.25) is 9.48 Å². The molecule has 0 aliphatic heterocycles. The third-order valence-corrected chi connectivity index (χ3v) is 6.65. The Hall–Kier alpha value is -3.39. The number of amides is 1. The van der Waals surface area contributed by atoms with E-state index in [1.807, 2.05) is 65.0 Å². The molecule has 0 saturated heterocycles. The number of rotatable bonds is 7. The summed E-state index contributed by atoms with van der Waals surface area (Å²) in [4.78, 5) is 25.1. The van der Waals surface area contributed by atoms with E-state index in [1.165, 1.54) is 0 Å². The van der Waals surface area contributed by atoms with Crippen LogP contribution in [0, 0.1) is 0 Å². The molecule has 4 rings (SSSR count). The van der Waals surface area contributed by atoms with Crippen molar-refractivity contribution in [2.45, 2.75) is 59.6 Å². The minimum Gasteiger partial charge on any atom is -0.456 e. The van der Waals surface area contributed by atoms with Gasteiger partial charge in [0.15, 0.2) is 0 Å². The average molecular weight is 552 g/mol. The summed E-state index contributed by atoms with van der Waals surface area (Å²) in [6.07, 6.45) is 1.21. The second kappa shape index (κ2) is 9.93. The van der Waals surface area contributed by atoms with E-state index in [2.05, 4.69) is 21.0 Å². The lowest BCUT2D eigenvalue weighted by molar-refractivity contribution is 0.00701. The molecule has 0 unspecified atom stereocenters. The van der Waals surface area contributed by atoms with Crippen molar-refractivity contribution < 1.29 is 18.7 Å². The Morgan fingerprint density at radius 2 is 1.86 bits per heavy atom. The SMILES string of the molecule is CCc1nn(CC)c(C(N)=O)c1Cc1ccc2oc(-c3ccccc3C(=O)OC(C)(C)C)c(Br)c2c1. The highest BCUT2D eigenvalue weighted by Crippen LogP contribution is 2.40. The van der Waals surface area contributed by atoms with E-state index in [9.17, 15) is 9.59 Å². The van der Waals surface area contributed by atoms with Gasteiger partial charge in [0.05, 0.1) is 15.7 Å². The molecule has 2 aromatic heterocycles. The minimum atomic E-state index is -0.614. The normalized spacial score (nSPS) is 11.7. The summed E-state index contributed by atoms with van der Waals surface area (Å²) in [6.45, 7) is 10.0. The molecular formula is C28H30BrN3O4. The highest BCUT2D eigenvalue weighted by atomic mass is 79.9. The van der Waals surface area contributed by atoms with Gasteiger partial charge in [-0.25, -0.2) is 4.79 Å². The van der Waals surface area contributed by atoms with Crippen molar-refractivity contribution in [3.63, 3.8) is 0 Å². The Bertz CT molecular complexity index is 1460. The molecule has 0 atom stereocenters. The number of nitrogens with zero attached hydrogens (tertiary/aromatic N) is 2. The molecule has 7 nitrogen and oxygen atoms in total. The molecule has 4 aromatic rings. The van der Waals surface area contributed by atoms with E-state index in [1.54, 1.807) is 16.8 Å². The Morgan fingerprint density at radius 1 is 1.14 bits per heavy atom. The fourth-order valence-electron chi connectivity index (χ4n) is 4.32. The molecule has 0 saturated carbocycles. The van der Waals surface area contributed by atoms with E-state index in [0.717, 1.165) is 26.7 Å². The summed E-state index contributed by atoms with van der Waals surface area (Å²) >= 11 is 3.70. The maximum Gasteiger partial charge on any atom is 0.339 e. The highest BCUT2D eigenvalue weighted by molar-refractivity contribution is 9.10. The van der Waals surface area contributed by atoms with Crippen molar-refractivity contribution in [3.05, 3.63) is 75.0 Å². The molecule has 0 spiro atoms. The van der Waals surface area contributed by atoms with Gasteiger partial charge in [0.1, 0.15) is 22.6 Å². The summed E-state index contributed by atoms with van der Waals surface area (Å²) < 4.78 is 14.2. The number of ether oxygens (including phenoxy) is 1. The fraction of sp³-hybridized carbons (Fsp3) is 0.321. The predicted octanol–water partition coefficient (Wildman–Crippen LogP) is 6.29. The van der Waals surface area contributed by atoms with Gasteiger partial charge in [0, 0.05) is 29.5 Å². The van der Waals surface area contributed by atoms with Crippen molar-refractivity contribution in [1.82, 2.24) is 9.78 Å². The first-order chi connectivity index (χ1) is 17.0. The number of halogens is 1.